The van der Waals surface area contributed by atoms with Crippen molar-refractivity contribution in [2.45, 2.75) is 39.9 Å². The van der Waals surface area contributed by atoms with Crippen molar-refractivity contribution in [3.05, 3.63) is 59.7 Å². The fourth-order valence-corrected chi connectivity index (χ4v) is 1.92. The summed E-state index contributed by atoms with van der Waals surface area (Å²) in [6.45, 7) is 7.24. The Morgan fingerprint density at radius 3 is 1.88 bits per heavy atom. The number of hydrogen-bond acceptors (Lipinski definition) is 5. The van der Waals surface area contributed by atoms with Gasteiger partial charge in [0.15, 0.2) is 0 Å². The van der Waals surface area contributed by atoms with Gasteiger partial charge in [-0.15, -0.1) is 0 Å². The third-order valence-electron chi connectivity index (χ3n) is 2.95. The van der Waals surface area contributed by atoms with Crippen molar-refractivity contribution >= 4 is 11.9 Å². The lowest BCUT2D eigenvalue weighted by Crippen LogP contribution is -2.11. The van der Waals surface area contributed by atoms with Gasteiger partial charge in [-0.05, 0) is 52.0 Å². The second-order valence-corrected chi connectivity index (χ2v) is 5.94. The SMILES string of the molecule is CC(C)OC(=O)c1ccccc1O.CC(C)Oc1ccccc1C(=O)O. The predicted octanol–water partition coefficient (Wildman–Crippen LogP) is 4.13. The van der Waals surface area contributed by atoms with E-state index in [1.165, 1.54) is 18.2 Å². The lowest BCUT2D eigenvalue weighted by molar-refractivity contribution is 0.0374. The molecule has 26 heavy (non-hydrogen) atoms. The molecule has 0 radical (unpaired) electrons. The number of aromatic hydroxyl groups is 1. The Morgan fingerprint density at radius 1 is 0.846 bits per heavy atom. The van der Waals surface area contributed by atoms with Crippen LogP contribution in [-0.2, 0) is 4.74 Å². The predicted molar refractivity (Wildman–Crippen MR) is 97.8 cm³/mol. The number of esters is 1. The maximum absolute atomic E-state index is 11.3. The van der Waals surface area contributed by atoms with E-state index in [1.54, 1.807) is 44.2 Å². The molecular weight excluding hydrogens is 336 g/mol. The van der Waals surface area contributed by atoms with Crippen molar-refractivity contribution in [1.82, 2.24) is 0 Å². The number of aromatic carboxylic acids is 1. The summed E-state index contributed by atoms with van der Waals surface area (Å²) >= 11 is 0. The number of rotatable bonds is 5. The third-order valence-corrected chi connectivity index (χ3v) is 2.95. The van der Waals surface area contributed by atoms with E-state index < -0.39 is 11.9 Å². The van der Waals surface area contributed by atoms with Gasteiger partial charge in [-0.1, -0.05) is 24.3 Å². The zero-order valence-electron chi connectivity index (χ0n) is 15.3. The van der Waals surface area contributed by atoms with Crippen LogP contribution in [0.15, 0.2) is 48.5 Å². The minimum atomic E-state index is -0.962. The Balaban J connectivity index is 0.000000260. The van der Waals surface area contributed by atoms with Gasteiger partial charge >= 0.3 is 11.9 Å². The molecular formula is C20H24O6. The number of carboxylic acid groups (broad SMARTS) is 1. The summed E-state index contributed by atoms with van der Waals surface area (Å²) in [6.07, 6.45) is -0.187. The van der Waals surface area contributed by atoms with Crippen LogP contribution in [0.1, 0.15) is 48.4 Å². The van der Waals surface area contributed by atoms with Gasteiger partial charge in [-0.3, -0.25) is 0 Å². The molecule has 2 rings (SSSR count). The van der Waals surface area contributed by atoms with Crippen LogP contribution in [0, 0.1) is 0 Å². The summed E-state index contributed by atoms with van der Waals surface area (Å²) in [7, 11) is 0. The summed E-state index contributed by atoms with van der Waals surface area (Å²) in [6, 6.07) is 12.9. The lowest BCUT2D eigenvalue weighted by atomic mass is 10.2. The molecule has 0 aliphatic heterocycles. The molecule has 2 aromatic carbocycles. The average Bonchev–Trinajstić information content (AvgIpc) is 2.55. The number of carbonyl (C=O) groups is 2. The zero-order valence-corrected chi connectivity index (χ0v) is 15.3. The van der Waals surface area contributed by atoms with Crippen molar-refractivity contribution in [3.63, 3.8) is 0 Å². The average molecular weight is 360 g/mol. The summed E-state index contributed by atoms with van der Waals surface area (Å²) in [5.74, 6) is -1.08. The molecule has 0 saturated heterocycles. The van der Waals surface area contributed by atoms with Crippen molar-refractivity contribution in [1.29, 1.82) is 0 Å². The molecule has 0 heterocycles. The van der Waals surface area contributed by atoms with Crippen LogP contribution in [0.2, 0.25) is 0 Å². The summed E-state index contributed by atoms with van der Waals surface area (Å²) in [5.41, 5.74) is 0.410. The molecule has 2 N–H and O–H groups in total. The number of carboxylic acids is 1. The van der Waals surface area contributed by atoms with Gasteiger partial charge in [0.05, 0.1) is 12.2 Å². The highest BCUT2D eigenvalue weighted by Gasteiger charge is 2.12. The monoisotopic (exact) mass is 360 g/mol. The molecule has 140 valence electrons. The van der Waals surface area contributed by atoms with Crippen molar-refractivity contribution in [3.8, 4) is 11.5 Å². The molecule has 0 aliphatic carbocycles. The van der Waals surface area contributed by atoms with E-state index in [0.717, 1.165) is 0 Å². The molecule has 0 amide bonds. The van der Waals surface area contributed by atoms with Crippen molar-refractivity contribution < 1.29 is 29.3 Å². The van der Waals surface area contributed by atoms with Crippen molar-refractivity contribution in [2.75, 3.05) is 0 Å². The molecule has 0 bridgehead atoms. The smallest absolute Gasteiger partial charge is 0.342 e. The second kappa shape index (κ2) is 10.1. The molecule has 0 spiro atoms. The van der Waals surface area contributed by atoms with E-state index in [2.05, 4.69) is 0 Å². The molecule has 6 nitrogen and oxygen atoms in total. The first kappa shape index (κ1) is 21.0. The molecule has 6 heteroatoms. The number of para-hydroxylation sites is 2. The van der Waals surface area contributed by atoms with E-state index in [-0.39, 0.29) is 29.1 Å². The highest BCUT2D eigenvalue weighted by molar-refractivity contribution is 5.92. The fraction of sp³-hybridized carbons (Fsp3) is 0.300. The lowest BCUT2D eigenvalue weighted by Gasteiger charge is -2.11. The number of ether oxygens (including phenoxy) is 2. The summed E-state index contributed by atoms with van der Waals surface area (Å²) in [5, 5.41) is 18.1. The Kier molecular flexibility index (Phi) is 8.15. The quantitative estimate of drug-likeness (QED) is 0.779. The highest BCUT2D eigenvalue weighted by Crippen LogP contribution is 2.19. The van der Waals surface area contributed by atoms with Gasteiger partial charge in [-0.25, -0.2) is 9.59 Å². The minimum absolute atomic E-state index is 0.0134. The van der Waals surface area contributed by atoms with Crippen LogP contribution >= 0.6 is 0 Å². The molecule has 0 aromatic heterocycles. The maximum Gasteiger partial charge on any atom is 0.342 e. The molecule has 2 aromatic rings. The van der Waals surface area contributed by atoms with E-state index in [4.69, 9.17) is 14.6 Å². The Labute approximate surface area is 153 Å². The molecule has 0 saturated carbocycles. The first-order valence-electron chi connectivity index (χ1n) is 8.20. The van der Waals surface area contributed by atoms with Crippen LogP contribution in [0.4, 0.5) is 0 Å². The van der Waals surface area contributed by atoms with Crippen molar-refractivity contribution in [2.24, 2.45) is 0 Å². The molecule has 0 atom stereocenters. The summed E-state index contributed by atoms with van der Waals surface area (Å²) in [4.78, 5) is 22.0. The minimum Gasteiger partial charge on any atom is -0.507 e. The van der Waals surface area contributed by atoms with Crippen LogP contribution in [-0.4, -0.2) is 34.4 Å². The number of carbonyl (C=O) groups excluding carboxylic acids is 1. The normalized spacial score (nSPS) is 10.1. The van der Waals surface area contributed by atoms with E-state index in [9.17, 15) is 14.7 Å². The third kappa shape index (κ3) is 6.84. The topological polar surface area (TPSA) is 93.1 Å². The standard InChI is InChI=1S/2C10H12O3/c1-7(2)13-9-6-4-3-5-8(9)10(11)12;1-7(2)13-10(12)8-5-3-4-6-9(8)11/h3-7H,1-2H3,(H,11,12);3-7,11H,1-2H3. The van der Waals surface area contributed by atoms with E-state index in [1.807, 2.05) is 13.8 Å². The number of phenolic OH excluding ortho intramolecular Hbond substituents is 1. The second-order valence-electron chi connectivity index (χ2n) is 5.94. The first-order chi connectivity index (χ1) is 12.2. The van der Waals surface area contributed by atoms with Gasteiger partial charge in [-0.2, -0.15) is 0 Å². The largest absolute Gasteiger partial charge is 0.507 e. The molecule has 0 aliphatic rings. The molecule has 0 fully saturated rings. The zero-order chi connectivity index (χ0) is 19.7. The highest BCUT2D eigenvalue weighted by atomic mass is 16.5. The number of benzene rings is 2. The van der Waals surface area contributed by atoms with Gasteiger partial charge in [0, 0.05) is 0 Å². The first-order valence-corrected chi connectivity index (χ1v) is 8.20. The van der Waals surface area contributed by atoms with Crippen LogP contribution in [0.25, 0.3) is 0 Å². The van der Waals surface area contributed by atoms with E-state index in [0.29, 0.717) is 5.75 Å². The molecule has 0 unspecified atom stereocenters. The van der Waals surface area contributed by atoms with Crippen LogP contribution < -0.4 is 4.74 Å². The van der Waals surface area contributed by atoms with Gasteiger partial charge < -0.3 is 19.7 Å². The number of hydrogen-bond donors (Lipinski definition) is 2. The van der Waals surface area contributed by atoms with Crippen LogP contribution in [0.3, 0.4) is 0 Å². The Bertz CT molecular complexity index is 737. The van der Waals surface area contributed by atoms with E-state index >= 15 is 0 Å². The Morgan fingerprint density at radius 2 is 1.38 bits per heavy atom. The van der Waals surface area contributed by atoms with Crippen LogP contribution in [0.5, 0.6) is 11.5 Å². The Hall–Kier alpha value is -3.02. The van der Waals surface area contributed by atoms with Gasteiger partial charge in [0.1, 0.15) is 22.6 Å². The number of phenols is 1. The van der Waals surface area contributed by atoms with Gasteiger partial charge in [0.2, 0.25) is 0 Å². The fourth-order valence-electron chi connectivity index (χ4n) is 1.92. The van der Waals surface area contributed by atoms with Gasteiger partial charge in [0.25, 0.3) is 0 Å². The summed E-state index contributed by atoms with van der Waals surface area (Å²) < 4.78 is 10.2. The maximum atomic E-state index is 11.3.